The number of nitrogens with zero attached hydrogens (tertiary/aromatic N) is 1. The van der Waals surface area contributed by atoms with E-state index in [4.69, 9.17) is 16.3 Å². The molecule has 4 nitrogen and oxygen atoms in total. The summed E-state index contributed by atoms with van der Waals surface area (Å²) in [4.78, 5) is 10.1. The lowest BCUT2D eigenvalue weighted by Gasteiger charge is -2.08. The van der Waals surface area contributed by atoms with E-state index < -0.39 is 10.7 Å². The van der Waals surface area contributed by atoms with Crippen molar-refractivity contribution in [2.75, 3.05) is 0 Å². The SMILES string of the molecule is Cc1cc(Oc2ccc(CCl)cc2)c(F)cc1[N+](=O)[O-]. The van der Waals surface area contributed by atoms with Gasteiger partial charge in [-0.2, -0.15) is 0 Å². The summed E-state index contributed by atoms with van der Waals surface area (Å²) in [5.41, 5.74) is 0.982. The Morgan fingerprint density at radius 3 is 2.50 bits per heavy atom. The third kappa shape index (κ3) is 3.05. The molecule has 0 unspecified atom stereocenters. The predicted octanol–water partition coefficient (Wildman–Crippen LogP) is 4.57. The van der Waals surface area contributed by atoms with Crippen molar-refractivity contribution in [3.8, 4) is 11.5 Å². The van der Waals surface area contributed by atoms with Crippen LogP contribution in [0, 0.1) is 22.9 Å². The molecule has 0 aliphatic carbocycles. The first kappa shape index (κ1) is 14.3. The minimum Gasteiger partial charge on any atom is -0.454 e. The number of hydrogen-bond donors (Lipinski definition) is 0. The van der Waals surface area contributed by atoms with Crippen LogP contribution in [0.2, 0.25) is 0 Å². The molecular formula is C14H11ClFNO3. The summed E-state index contributed by atoms with van der Waals surface area (Å²) in [5.74, 6) is -0.00730. The zero-order chi connectivity index (χ0) is 14.7. The molecule has 2 aromatic rings. The van der Waals surface area contributed by atoms with E-state index in [0.29, 0.717) is 17.2 Å². The molecule has 2 rings (SSSR count). The molecule has 0 radical (unpaired) electrons. The van der Waals surface area contributed by atoms with Crippen LogP contribution in [-0.4, -0.2) is 4.92 Å². The first-order valence-electron chi connectivity index (χ1n) is 5.78. The first-order valence-corrected chi connectivity index (χ1v) is 6.32. The monoisotopic (exact) mass is 295 g/mol. The minimum atomic E-state index is -0.774. The maximum Gasteiger partial charge on any atom is 0.275 e. The Morgan fingerprint density at radius 1 is 1.30 bits per heavy atom. The van der Waals surface area contributed by atoms with E-state index in [0.717, 1.165) is 11.6 Å². The average Bonchev–Trinajstić information content (AvgIpc) is 2.43. The number of ether oxygens (including phenoxy) is 1. The van der Waals surface area contributed by atoms with Gasteiger partial charge in [-0.15, -0.1) is 11.6 Å². The van der Waals surface area contributed by atoms with Gasteiger partial charge in [0, 0.05) is 11.4 Å². The highest BCUT2D eigenvalue weighted by Crippen LogP contribution is 2.30. The molecule has 0 aliphatic rings. The Morgan fingerprint density at radius 2 is 1.95 bits per heavy atom. The second kappa shape index (κ2) is 5.88. The van der Waals surface area contributed by atoms with Crippen LogP contribution in [0.25, 0.3) is 0 Å². The number of alkyl halides is 1. The molecule has 0 heterocycles. The molecule has 0 aromatic heterocycles. The second-order valence-electron chi connectivity index (χ2n) is 4.21. The van der Waals surface area contributed by atoms with Crippen LogP contribution < -0.4 is 4.74 Å². The van der Waals surface area contributed by atoms with Gasteiger partial charge >= 0.3 is 0 Å². The number of nitro benzene ring substituents is 1. The summed E-state index contributed by atoms with van der Waals surface area (Å²) in [6, 6.07) is 9.01. The quantitative estimate of drug-likeness (QED) is 0.471. The molecule has 0 aliphatic heterocycles. The topological polar surface area (TPSA) is 52.4 Å². The lowest BCUT2D eigenvalue weighted by atomic mass is 10.2. The number of rotatable bonds is 4. The fraction of sp³-hybridized carbons (Fsp3) is 0.143. The molecule has 0 spiro atoms. The summed E-state index contributed by atoms with van der Waals surface area (Å²) in [7, 11) is 0. The molecule has 6 heteroatoms. The Hall–Kier alpha value is -2.14. The van der Waals surface area contributed by atoms with Gasteiger partial charge in [-0.05, 0) is 30.7 Å². The Bertz CT molecular complexity index is 644. The zero-order valence-electron chi connectivity index (χ0n) is 10.6. The van der Waals surface area contributed by atoms with Crippen molar-refractivity contribution in [1.82, 2.24) is 0 Å². The van der Waals surface area contributed by atoms with Crippen molar-refractivity contribution in [2.24, 2.45) is 0 Å². The largest absolute Gasteiger partial charge is 0.454 e. The third-order valence-electron chi connectivity index (χ3n) is 2.75. The molecule has 0 saturated heterocycles. The van der Waals surface area contributed by atoms with E-state index >= 15 is 0 Å². The van der Waals surface area contributed by atoms with Crippen molar-refractivity contribution >= 4 is 17.3 Å². The highest BCUT2D eigenvalue weighted by Gasteiger charge is 2.16. The van der Waals surface area contributed by atoms with Crippen LogP contribution >= 0.6 is 11.6 Å². The zero-order valence-corrected chi connectivity index (χ0v) is 11.4. The summed E-state index contributed by atoms with van der Waals surface area (Å²) < 4.78 is 19.2. The lowest BCUT2D eigenvalue weighted by molar-refractivity contribution is -0.385. The van der Waals surface area contributed by atoms with Crippen LogP contribution in [0.5, 0.6) is 11.5 Å². The van der Waals surface area contributed by atoms with E-state index in [9.17, 15) is 14.5 Å². The fourth-order valence-corrected chi connectivity index (χ4v) is 1.87. The number of nitro groups is 1. The predicted molar refractivity (Wildman–Crippen MR) is 73.9 cm³/mol. The van der Waals surface area contributed by atoms with Gasteiger partial charge in [0.15, 0.2) is 11.6 Å². The molecule has 0 N–H and O–H groups in total. The normalized spacial score (nSPS) is 10.3. The maximum atomic E-state index is 13.8. The van der Waals surface area contributed by atoms with Gasteiger partial charge in [-0.1, -0.05) is 12.1 Å². The van der Waals surface area contributed by atoms with E-state index in [-0.39, 0.29) is 11.4 Å². The molecule has 0 atom stereocenters. The van der Waals surface area contributed by atoms with Crippen LogP contribution in [0.4, 0.5) is 10.1 Å². The molecular weight excluding hydrogens is 285 g/mol. The van der Waals surface area contributed by atoms with Gasteiger partial charge in [0.1, 0.15) is 5.75 Å². The van der Waals surface area contributed by atoms with E-state index in [1.165, 1.54) is 13.0 Å². The summed E-state index contributed by atoms with van der Waals surface area (Å²) in [6.45, 7) is 1.53. The van der Waals surface area contributed by atoms with Gasteiger partial charge in [0.25, 0.3) is 5.69 Å². The summed E-state index contributed by atoms with van der Waals surface area (Å²) >= 11 is 5.67. The van der Waals surface area contributed by atoms with Gasteiger partial charge in [-0.3, -0.25) is 10.1 Å². The molecule has 2 aromatic carbocycles. The molecule has 0 fully saturated rings. The number of hydrogen-bond acceptors (Lipinski definition) is 3. The Kier molecular flexibility index (Phi) is 4.20. The van der Waals surface area contributed by atoms with E-state index in [1.54, 1.807) is 24.3 Å². The van der Waals surface area contributed by atoms with Crippen LogP contribution in [-0.2, 0) is 5.88 Å². The Labute approximate surface area is 119 Å². The number of halogens is 2. The smallest absolute Gasteiger partial charge is 0.275 e. The van der Waals surface area contributed by atoms with Crippen molar-refractivity contribution in [2.45, 2.75) is 12.8 Å². The lowest BCUT2D eigenvalue weighted by Crippen LogP contribution is -1.96. The van der Waals surface area contributed by atoms with Gasteiger partial charge in [-0.25, -0.2) is 4.39 Å². The van der Waals surface area contributed by atoms with Crippen molar-refractivity contribution in [3.63, 3.8) is 0 Å². The standard InChI is InChI=1S/C14H11ClFNO3/c1-9-6-14(12(16)7-13(9)17(18)19)20-11-4-2-10(8-15)3-5-11/h2-7H,8H2,1H3. The second-order valence-corrected chi connectivity index (χ2v) is 4.47. The van der Waals surface area contributed by atoms with Crippen LogP contribution in [0.1, 0.15) is 11.1 Å². The highest BCUT2D eigenvalue weighted by atomic mass is 35.5. The van der Waals surface area contributed by atoms with Gasteiger partial charge < -0.3 is 4.74 Å². The maximum absolute atomic E-state index is 13.8. The molecule has 20 heavy (non-hydrogen) atoms. The van der Waals surface area contributed by atoms with Crippen molar-refractivity contribution < 1.29 is 14.1 Å². The van der Waals surface area contributed by atoms with Crippen LogP contribution in [0.3, 0.4) is 0 Å². The highest BCUT2D eigenvalue weighted by molar-refractivity contribution is 6.17. The average molecular weight is 296 g/mol. The summed E-state index contributed by atoms with van der Waals surface area (Å²) in [6.07, 6.45) is 0. The van der Waals surface area contributed by atoms with Crippen molar-refractivity contribution in [3.05, 3.63) is 63.5 Å². The van der Waals surface area contributed by atoms with E-state index in [2.05, 4.69) is 0 Å². The molecule has 104 valence electrons. The number of aryl methyl sites for hydroxylation is 1. The van der Waals surface area contributed by atoms with E-state index in [1.807, 2.05) is 0 Å². The van der Waals surface area contributed by atoms with Crippen LogP contribution in [0.15, 0.2) is 36.4 Å². The minimum absolute atomic E-state index is 0.0493. The molecule has 0 amide bonds. The molecule has 0 saturated carbocycles. The first-order chi connectivity index (χ1) is 9.51. The molecule has 0 bridgehead atoms. The fourth-order valence-electron chi connectivity index (χ4n) is 1.69. The number of benzene rings is 2. The Balaban J connectivity index is 2.29. The summed E-state index contributed by atoms with van der Waals surface area (Å²) in [5, 5.41) is 10.7. The van der Waals surface area contributed by atoms with Gasteiger partial charge in [0.2, 0.25) is 0 Å². The van der Waals surface area contributed by atoms with Crippen molar-refractivity contribution in [1.29, 1.82) is 0 Å². The van der Waals surface area contributed by atoms with Gasteiger partial charge in [0.05, 0.1) is 11.0 Å². The third-order valence-corrected chi connectivity index (χ3v) is 3.06.